The van der Waals surface area contributed by atoms with E-state index < -0.39 is 28.0 Å². The number of aliphatic hydroxyl groups is 2. The average Bonchev–Trinajstić information content (AvgIpc) is 1.96. The molecule has 3 atom stereocenters. The highest BCUT2D eigenvalue weighted by atomic mass is 32.2. The number of nitrogens with one attached hydrogen (secondary N) is 1. The van der Waals surface area contributed by atoms with Gasteiger partial charge in [-0.1, -0.05) is 0 Å². The first-order valence-corrected chi connectivity index (χ1v) is 6.21. The number of rotatable bonds is 2. The molecule has 0 bridgehead atoms. The van der Waals surface area contributed by atoms with Gasteiger partial charge < -0.3 is 15.5 Å². The molecule has 78 valence electrons. The van der Waals surface area contributed by atoms with Crippen molar-refractivity contribution in [3.63, 3.8) is 0 Å². The molecule has 6 heteroatoms. The molecule has 5 nitrogen and oxygen atoms in total. The topological polar surface area (TPSA) is 86.6 Å². The maximum atomic E-state index is 10.9. The van der Waals surface area contributed by atoms with Gasteiger partial charge in [0.2, 0.25) is 0 Å². The van der Waals surface area contributed by atoms with Crippen LogP contribution in [0.25, 0.3) is 0 Å². The third-order valence-electron chi connectivity index (χ3n) is 2.15. The van der Waals surface area contributed by atoms with Crippen LogP contribution in [0.5, 0.6) is 0 Å². The van der Waals surface area contributed by atoms with Crippen molar-refractivity contribution in [1.29, 1.82) is 0 Å². The second-order valence-electron chi connectivity index (χ2n) is 3.57. The molecule has 0 aliphatic carbocycles. The molecule has 0 amide bonds. The molecular formula is C7H15NO4S. The van der Waals surface area contributed by atoms with Crippen molar-refractivity contribution in [2.45, 2.75) is 12.2 Å². The van der Waals surface area contributed by atoms with Crippen LogP contribution in [0, 0.1) is 5.92 Å². The van der Waals surface area contributed by atoms with Crippen molar-refractivity contribution in [2.75, 3.05) is 25.1 Å². The Balaban J connectivity index is 2.59. The Bertz CT molecular complexity index is 264. The summed E-state index contributed by atoms with van der Waals surface area (Å²) in [5.74, 6) is -0.489. The summed E-state index contributed by atoms with van der Waals surface area (Å²) in [5, 5.41) is 21.5. The van der Waals surface area contributed by atoms with E-state index in [0.717, 1.165) is 6.26 Å². The minimum Gasteiger partial charge on any atom is -0.390 e. The maximum Gasteiger partial charge on any atom is 0.147 e. The lowest BCUT2D eigenvalue weighted by molar-refractivity contribution is -0.0285. The largest absolute Gasteiger partial charge is 0.390 e. The predicted octanol–water partition coefficient (Wildman–Crippen LogP) is -2.03. The highest BCUT2D eigenvalue weighted by Crippen LogP contribution is 2.13. The molecule has 0 unspecified atom stereocenters. The Labute approximate surface area is 77.7 Å². The maximum absolute atomic E-state index is 10.9. The Morgan fingerprint density at radius 3 is 2.54 bits per heavy atom. The lowest BCUT2D eigenvalue weighted by Crippen LogP contribution is -2.52. The first-order valence-electron chi connectivity index (χ1n) is 4.15. The van der Waals surface area contributed by atoms with Gasteiger partial charge in [0.15, 0.2) is 0 Å². The number of hydrogen-bond donors (Lipinski definition) is 3. The first-order chi connectivity index (χ1) is 5.90. The van der Waals surface area contributed by atoms with Crippen LogP contribution >= 0.6 is 0 Å². The molecule has 3 N–H and O–H groups in total. The van der Waals surface area contributed by atoms with Crippen LogP contribution in [-0.2, 0) is 9.84 Å². The van der Waals surface area contributed by atoms with Gasteiger partial charge in [-0.25, -0.2) is 8.42 Å². The van der Waals surface area contributed by atoms with Crippen molar-refractivity contribution >= 4 is 9.84 Å². The molecule has 0 radical (unpaired) electrons. The van der Waals surface area contributed by atoms with E-state index in [1.807, 2.05) is 0 Å². The van der Waals surface area contributed by atoms with E-state index in [0.29, 0.717) is 13.1 Å². The minimum atomic E-state index is -3.09. The van der Waals surface area contributed by atoms with Crippen molar-refractivity contribution in [3.8, 4) is 0 Å². The summed E-state index contributed by atoms with van der Waals surface area (Å²) < 4.78 is 21.9. The summed E-state index contributed by atoms with van der Waals surface area (Å²) in [6.07, 6.45) is -0.669. The Kier molecular flexibility index (Phi) is 3.28. The molecule has 1 aliphatic rings. The second-order valence-corrected chi connectivity index (χ2v) is 5.75. The van der Waals surface area contributed by atoms with Gasteiger partial charge in [-0.15, -0.1) is 0 Å². The van der Waals surface area contributed by atoms with Crippen LogP contribution in [0.1, 0.15) is 0 Å². The Hall–Kier alpha value is -0.170. The third-order valence-corrected chi connectivity index (χ3v) is 3.19. The number of piperidine rings is 1. The molecular weight excluding hydrogens is 194 g/mol. The molecule has 13 heavy (non-hydrogen) atoms. The van der Waals surface area contributed by atoms with Crippen LogP contribution < -0.4 is 5.32 Å². The average molecular weight is 209 g/mol. The van der Waals surface area contributed by atoms with Gasteiger partial charge in [0.25, 0.3) is 0 Å². The van der Waals surface area contributed by atoms with E-state index in [1.54, 1.807) is 0 Å². The van der Waals surface area contributed by atoms with Gasteiger partial charge in [0, 0.05) is 25.3 Å². The zero-order valence-electron chi connectivity index (χ0n) is 7.47. The summed E-state index contributed by atoms with van der Waals surface area (Å²) in [7, 11) is -3.09. The van der Waals surface area contributed by atoms with Crippen LogP contribution in [0.2, 0.25) is 0 Å². The van der Waals surface area contributed by atoms with Gasteiger partial charge in [-0.2, -0.15) is 0 Å². The first kappa shape index (κ1) is 10.9. The number of aliphatic hydroxyl groups excluding tert-OH is 2. The zero-order valence-corrected chi connectivity index (χ0v) is 8.29. The van der Waals surface area contributed by atoms with Gasteiger partial charge in [-0.05, 0) is 0 Å². The van der Waals surface area contributed by atoms with Crippen molar-refractivity contribution in [3.05, 3.63) is 0 Å². The minimum absolute atomic E-state index is 0.0851. The van der Waals surface area contributed by atoms with Crippen LogP contribution in [-0.4, -0.2) is 55.9 Å². The van der Waals surface area contributed by atoms with Gasteiger partial charge in [0.1, 0.15) is 9.84 Å². The molecule has 1 aliphatic heterocycles. The monoisotopic (exact) mass is 209 g/mol. The third kappa shape index (κ3) is 3.22. The molecule has 0 aromatic heterocycles. The molecule has 0 spiro atoms. The van der Waals surface area contributed by atoms with Crippen LogP contribution in [0.15, 0.2) is 0 Å². The fourth-order valence-corrected chi connectivity index (χ4v) is 2.61. The van der Waals surface area contributed by atoms with Crippen molar-refractivity contribution in [1.82, 2.24) is 5.32 Å². The summed E-state index contributed by atoms with van der Waals surface area (Å²) in [6.45, 7) is 0.757. The van der Waals surface area contributed by atoms with Gasteiger partial charge in [0.05, 0.1) is 18.0 Å². The van der Waals surface area contributed by atoms with Gasteiger partial charge >= 0.3 is 0 Å². The standard InChI is InChI=1S/C7H15NO4S/c1-13(11,12)4-5-2-8-3-6(9)7(5)10/h5-10H,2-4H2,1H3/t5-,6+,7-/m1/s1. The van der Waals surface area contributed by atoms with E-state index in [4.69, 9.17) is 0 Å². The lowest BCUT2D eigenvalue weighted by atomic mass is 9.96. The molecule has 1 heterocycles. The quantitative estimate of drug-likeness (QED) is 0.488. The molecule has 0 saturated carbocycles. The predicted molar refractivity (Wildman–Crippen MR) is 48.1 cm³/mol. The highest BCUT2D eigenvalue weighted by Gasteiger charge is 2.32. The number of sulfone groups is 1. The van der Waals surface area contributed by atoms with E-state index in [-0.39, 0.29) is 5.75 Å². The number of β-amino-alcohol motifs (C(OH)–C–C–N with tert-alkyl or cyclic N) is 1. The molecule has 0 aromatic carbocycles. The highest BCUT2D eigenvalue weighted by molar-refractivity contribution is 7.90. The van der Waals surface area contributed by atoms with E-state index >= 15 is 0 Å². The van der Waals surface area contributed by atoms with Crippen molar-refractivity contribution < 1.29 is 18.6 Å². The van der Waals surface area contributed by atoms with Crippen LogP contribution in [0.4, 0.5) is 0 Å². The molecule has 1 rings (SSSR count). The fourth-order valence-electron chi connectivity index (χ4n) is 1.52. The SMILES string of the molecule is CS(=O)(=O)C[C@H]1CNC[C@H](O)[C@@H]1O. The Morgan fingerprint density at radius 2 is 2.00 bits per heavy atom. The molecule has 1 fully saturated rings. The van der Waals surface area contributed by atoms with Gasteiger partial charge in [-0.3, -0.25) is 0 Å². The van der Waals surface area contributed by atoms with Crippen LogP contribution in [0.3, 0.4) is 0 Å². The normalized spacial score (nSPS) is 36.1. The summed E-state index contributed by atoms with van der Waals surface area (Å²) >= 11 is 0. The summed E-state index contributed by atoms with van der Waals surface area (Å²) in [5.41, 5.74) is 0. The fraction of sp³-hybridized carbons (Fsp3) is 1.00. The number of hydrogen-bond acceptors (Lipinski definition) is 5. The Morgan fingerprint density at radius 1 is 1.38 bits per heavy atom. The lowest BCUT2D eigenvalue weighted by Gasteiger charge is -2.31. The molecule has 1 saturated heterocycles. The zero-order chi connectivity index (χ0) is 10.1. The van der Waals surface area contributed by atoms with Crippen molar-refractivity contribution in [2.24, 2.45) is 5.92 Å². The van der Waals surface area contributed by atoms with E-state index in [1.165, 1.54) is 0 Å². The smallest absolute Gasteiger partial charge is 0.147 e. The summed E-state index contributed by atoms with van der Waals surface area (Å²) in [6, 6.07) is 0. The molecule has 0 aromatic rings. The second kappa shape index (κ2) is 3.91. The van der Waals surface area contributed by atoms with E-state index in [2.05, 4.69) is 5.32 Å². The summed E-state index contributed by atoms with van der Waals surface area (Å²) in [4.78, 5) is 0. The van der Waals surface area contributed by atoms with E-state index in [9.17, 15) is 18.6 Å².